The third-order valence-corrected chi connectivity index (χ3v) is 4.13. The molecule has 2 rings (SSSR count). The van der Waals surface area contributed by atoms with E-state index in [1.54, 1.807) is 21.3 Å². The lowest BCUT2D eigenvalue weighted by Crippen LogP contribution is -2.38. The zero-order valence-electron chi connectivity index (χ0n) is 14.5. The molecule has 1 aliphatic heterocycles. The fourth-order valence-corrected chi connectivity index (χ4v) is 2.95. The highest BCUT2D eigenvalue weighted by Gasteiger charge is 2.31. The van der Waals surface area contributed by atoms with Crippen LogP contribution in [-0.4, -0.2) is 58.4 Å². The smallest absolute Gasteiger partial charge is 0.237 e. The number of carbonyl (C=O) groups excluding carboxylic acids is 1. The van der Waals surface area contributed by atoms with Crippen molar-refractivity contribution in [2.75, 3.05) is 47.6 Å². The number of amides is 1. The van der Waals surface area contributed by atoms with E-state index in [-0.39, 0.29) is 24.4 Å². The van der Waals surface area contributed by atoms with Crippen molar-refractivity contribution in [1.82, 2.24) is 10.2 Å². The Morgan fingerprint density at radius 1 is 1.29 bits per heavy atom. The normalized spacial score (nSPS) is 16.6. The largest absolute Gasteiger partial charge is 0.497 e. The van der Waals surface area contributed by atoms with E-state index in [0.717, 1.165) is 36.4 Å². The number of ether oxygens (including phenoxy) is 3. The number of hydrogen-bond donors (Lipinski definition) is 1. The SMILES string of the molecule is COCCNCC(=O)N1CCCC1c1ccc(OC)cc1OC.Cl. The molecular formula is C17H27ClN2O4. The Bertz CT molecular complexity index is 527. The van der Waals surface area contributed by atoms with Crippen LogP contribution in [0.25, 0.3) is 0 Å². The van der Waals surface area contributed by atoms with Crippen LogP contribution in [0.5, 0.6) is 11.5 Å². The van der Waals surface area contributed by atoms with Gasteiger partial charge in [-0.15, -0.1) is 12.4 Å². The van der Waals surface area contributed by atoms with Gasteiger partial charge in [-0.25, -0.2) is 0 Å². The summed E-state index contributed by atoms with van der Waals surface area (Å²) in [6.45, 7) is 2.39. The average molecular weight is 359 g/mol. The molecule has 6 nitrogen and oxygen atoms in total. The van der Waals surface area contributed by atoms with Gasteiger partial charge in [0.2, 0.25) is 5.91 Å². The lowest BCUT2D eigenvalue weighted by Gasteiger charge is -2.26. The van der Waals surface area contributed by atoms with Crippen LogP contribution in [0.15, 0.2) is 18.2 Å². The Hall–Kier alpha value is -1.50. The monoisotopic (exact) mass is 358 g/mol. The van der Waals surface area contributed by atoms with Crippen molar-refractivity contribution in [3.05, 3.63) is 23.8 Å². The third kappa shape index (κ3) is 5.00. The summed E-state index contributed by atoms with van der Waals surface area (Å²) >= 11 is 0. The summed E-state index contributed by atoms with van der Waals surface area (Å²) in [6.07, 6.45) is 1.95. The standard InChI is InChI=1S/C17H26N2O4.ClH/c1-21-10-8-18-12-17(20)19-9-4-5-15(19)14-7-6-13(22-2)11-16(14)23-3;/h6-7,11,15,18H,4-5,8-10,12H2,1-3H3;1H. The zero-order valence-corrected chi connectivity index (χ0v) is 15.4. The number of nitrogens with one attached hydrogen (secondary N) is 1. The quantitative estimate of drug-likeness (QED) is 0.720. The minimum atomic E-state index is 0. The number of benzene rings is 1. The molecule has 24 heavy (non-hydrogen) atoms. The Kier molecular flexibility index (Phi) is 8.89. The second-order valence-corrected chi connectivity index (χ2v) is 5.52. The summed E-state index contributed by atoms with van der Waals surface area (Å²) in [7, 11) is 4.92. The summed E-state index contributed by atoms with van der Waals surface area (Å²) in [6, 6.07) is 5.84. The maximum atomic E-state index is 12.5. The minimum Gasteiger partial charge on any atom is -0.497 e. The van der Waals surface area contributed by atoms with Crippen molar-refractivity contribution >= 4 is 18.3 Å². The first-order valence-corrected chi connectivity index (χ1v) is 7.92. The Labute approximate surface area is 149 Å². The number of rotatable bonds is 8. The van der Waals surface area contributed by atoms with Crippen LogP contribution in [0.3, 0.4) is 0 Å². The fourth-order valence-electron chi connectivity index (χ4n) is 2.95. The van der Waals surface area contributed by atoms with Crippen molar-refractivity contribution in [1.29, 1.82) is 0 Å². The first-order chi connectivity index (χ1) is 11.2. The van der Waals surface area contributed by atoms with Crippen LogP contribution in [0.2, 0.25) is 0 Å². The summed E-state index contributed by atoms with van der Waals surface area (Å²) in [5.74, 6) is 1.63. The van der Waals surface area contributed by atoms with Crippen LogP contribution in [0, 0.1) is 0 Å². The molecule has 0 bridgehead atoms. The highest BCUT2D eigenvalue weighted by Crippen LogP contribution is 2.38. The van der Waals surface area contributed by atoms with E-state index >= 15 is 0 Å². The Morgan fingerprint density at radius 2 is 2.08 bits per heavy atom. The summed E-state index contributed by atoms with van der Waals surface area (Å²) in [4.78, 5) is 14.4. The number of likely N-dealkylation sites (tertiary alicyclic amines) is 1. The summed E-state index contributed by atoms with van der Waals surface area (Å²) in [5.41, 5.74) is 1.04. The van der Waals surface area contributed by atoms with Gasteiger partial charge in [0, 0.05) is 31.8 Å². The fraction of sp³-hybridized carbons (Fsp3) is 0.588. The molecule has 1 aliphatic rings. The van der Waals surface area contributed by atoms with E-state index < -0.39 is 0 Å². The number of carbonyl (C=O) groups is 1. The molecule has 1 amide bonds. The highest BCUT2D eigenvalue weighted by molar-refractivity contribution is 5.85. The zero-order chi connectivity index (χ0) is 16.7. The molecule has 0 saturated carbocycles. The number of nitrogens with zero attached hydrogens (tertiary/aromatic N) is 1. The van der Waals surface area contributed by atoms with Crippen LogP contribution in [-0.2, 0) is 9.53 Å². The molecule has 1 aromatic carbocycles. The average Bonchev–Trinajstić information content (AvgIpc) is 3.07. The molecule has 1 heterocycles. The van der Waals surface area contributed by atoms with Gasteiger partial charge in [-0.1, -0.05) is 0 Å². The van der Waals surface area contributed by atoms with Crippen molar-refractivity contribution < 1.29 is 19.0 Å². The van der Waals surface area contributed by atoms with Crippen molar-refractivity contribution in [3.8, 4) is 11.5 Å². The molecule has 136 valence electrons. The summed E-state index contributed by atoms with van der Waals surface area (Å²) < 4.78 is 15.7. The van der Waals surface area contributed by atoms with Gasteiger partial charge < -0.3 is 24.4 Å². The van der Waals surface area contributed by atoms with Gasteiger partial charge in [-0.3, -0.25) is 4.79 Å². The van der Waals surface area contributed by atoms with Gasteiger partial charge in [-0.05, 0) is 25.0 Å². The second kappa shape index (κ2) is 10.4. The topological polar surface area (TPSA) is 60.0 Å². The lowest BCUT2D eigenvalue weighted by molar-refractivity contribution is -0.131. The number of methoxy groups -OCH3 is 3. The Morgan fingerprint density at radius 3 is 2.75 bits per heavy atom. The van der Waals surface area contributed by atoms with Crippen molar-refractivity contribution in [2.45, 2.75) is 18.9 Å². The second-order valence-electron chi connectivity index (χ2n) is 5.52. The predicted octanol–water partition coefficient (Wildman–Crippen LogP) is 2.03. The predicted molar refractivity (Wildman–Crippen MR) is 95.2 cm³/mol. The van der Waals surface area contributed by atoms with E-state index in [1.165, 1.54) is 0 Å². The van der Waals surface area contributed by atoms with Gasteiger partial charge in [0.25, 0.3) is 0 Å². The molecule has 1 saturated heterocycles. The van der Waals surface area contributed by atoms with E-state index in [1.807, 2.05) is 23.1 Å². The van der Waals surface area contributed by atoms with Gasteiger partial charge in [-0.2, -0.15) is 0 Å². The van der Waals surface area contributed by atoms with E-state index in [0.29, 0.717) is 19.7 Å². The van der Waals surface area contributed by atoms with Crippen molar-refractivity contribution in [3.63, 3.8) is 0 Å². The van der Waals surface area contributed by atoms with Crippen LogP contribution >= 0.6 is 12.4 Å². The molecule has 0 spiro atoms. The molecule has 0 aliphatic carbocycles. The van der Waals surface area contributed by atoms with E-state index in [2.05, 4.69) is 5.32 Å². The Balaban J connectivity index is 0.00000288. The molecule has 7 heteroatoms. The molecule has 1 aromatic rings. The molecule has 1 unspecified atom stereocenters. The van der Waals surface area contributed by atoms with Crippen molar-refractivity contribution in [2.24, 2.45) is 0 Å². The first-order valence-electron chi connectivity index (χ1n) is 7.92. The summed E-state index contributed by atoms with van der Waals surface area (Å²) in [5, 5.41) is 3.11. The molecular weight excluding hydrogens is 332 g/mol. The van der Waals surface area contributed by atoms with Gasteiger partial charge in [0.05, 0.1) is 33.4 Å². The van der Waals surface area contributed by atoms with Crippen LogP contribution in [0.1, 0.15) is 24.4 Å². The van der Waals surface area contributed by atoms with E-state index in [9.17, 15) is 4.79 Å². The van der Waals surface area contributed by atoms with Gasteiger partial charge in [0.15, 0.2) is 0 Å². The molecule has 1 atom stereocenters. The van der Waals surface area contributed by atoms with Crippen LogP contribution < -0.4 is 14.8 Å². The van der Waals surface area contributed by atoms with Gasteiger partial charge in [0.1, 0.15) is 11.5 Å². The lowest BCUT2D eigenvalue weighted by atomic mass is 10.0. The van der Waals surface area contributed by atoms with Crippen LogP contribution in [0.4, 0.5) is 0 Å². The maximum absolute atomic E-state index is 12.5. The highest BCUT2D eigenvalue weighted by atomic mass is 35.5. The molecule has 0 aromatic heterocycles. The maximum Gasteiger partial charge on any atom is 0.237 e. The van der Waals surface area contributed by atoms with Gasteiger partial charge >= 0.3 is 0 Å². The molecule has 1 N–H and O–H groups in total. The third-order valence-electron chi connectivity index (χ3n) is 4.13. The molecule has 1 fully saturated rings. The number of hydrogen-bond acceptors (Lipinski definition) is 5. The molecule has 0 radical (unpaired) electrons. The van der Waals surface area contributed by atoms with E-state index in [4.69, 9.17) is 14.2 Å². The minimum absolute atomic E-state index is 0. The number of halogens is 1. The first kappa shape index (κ1) is 20.5.